The Kier molecular flexibility index (Phi) is 8.82. The molecule has 0 aliphatic carbocycles. The summed E-state index contributed by atoms with van der Waals surface area (Å²) in [6, 6.07) is 9.05. The Bertz CT molecular complexity index is 439. The maximum atomic E-state index is 8.72. The van der Waals surface area contributed by atoms with Crippen LogP contribution in [-0.4, -0.2) is 29.2 Å². The van der Waals surface area contributed by atoms with Crippen molar-refractivity contribution in [3.05, 3.63) is 35.4 Å². The summed E-state index contributed by atoms with van der Waals surface area (Å²) in [5, 5.41) is 8.72. The third kappa shape index (κ3) is 7.32. The first-order chi connectivity index (χ1) is 10.2. The fraction of sp³-hybridized carbons (Fsp3) is 0.579. The molecule has 0 aliphatic heterocycles. The van der Waals surface area contributed by atoms with Crippen LogP contribution >= 0.6 is 0 Å². The second-order valence-corrected chi connectivity index (χ2v) is 5.74. The number of hydrogen-bond donors (Lipinski definition) is 1. The van der Waals surface area contributed by atoms with Crippen LogP contribution in [0.15, 0.2) is 24.3 Å². The van der Waals surface area contributed by atoms with Gasteiger partial charge in [-0.1, -0.05) is 43.7 Å². The Hall–Kier alpha value is -1.30. The van der Waals surface area contributed by atoms with E-state index in [4.69, 9.17) is 5.11 Å². The lowest BCUT2D eigenvalue weighted by molar-refractivity contribution is 0.208. The zero-order valence-electron chi connectivity index (χ0n) is 13.7. The number of rotatable bonds is 8. The van der Waals surface area contributed by atoms with E-state index < -0.39 is 0 Å². The minimum absolute atomic E-state index is 0.131. The Morgan fingerprint density at radius 3 is 2.43 bits per heavy atom. The largest absolute Gasteiger partial charge is 0.395 e. The number of unbranched alkanes of at least 4 members (excludes halogenated alkanes) is 2. The van der Waals surface area contributed by atoms with Crippen LogP contribution in [0.1, 0.15) is 57.6 Å². The Morgan fingerprint density at radius 1 is 1.14 bits per heavy atom. The molecule has 0 amide bonds. The second-order valence-electron chi connectivity index (χ2n) is 5.74. The summed E-state index contributed by atoms with van der Waals surface area (Å²) in [6.45, 7) is 9.08. The third-order valence-corrected chi connectivity index (χ3v) is 3.59. The molecule has 116 valence electrons. The van der Waals surface area contributed by atoms with Gasteiger partial charge < -0.3 is 5.11 Å². The highest BCUT2D eigenvalue weighted by Crippen LogP contribution is 2.11. The van der Waals surface area contributed by atoms with E-state index in [9.17, 15) is 0 Å². The minimum atomic E-state index is 0.131. The van der Waals surface area contributed by atoms with Crippen molar-refractivity contribution in [3.8, 4) is 11.8 Å². The molecule has 0 heterocycles. The highest BCUT2D eigenvalue weighted by molar-refractivity contribution is 5.36. The van der Waals surface area contributed by atoms with Gasteiger partial charge in [-0.25, -0.2) is 0 Å². The maximum absolute atomic E-state index is 8.72. The molecule has 1 N–H and O–H groups in total. The van der Waals surface area contributed by atoms with Crippen LogP contribution in [0.5, 0.6) is 0 Å². The first-order valence-electron chi connectivity index (χ1n) is 8.10. The SMILES string of the molecule is CCCCCN(Cc1ccc(C#CCCO)cc1)C(C)C. The smallest absolute Gasteiger partial charge is 0.0540 e. The summed E-state index contributed by atoms with van der Waals surface area (Å²) in [5.74, 6) is 6.02. The van der Waals surface area contributed by atoms with Crippen LogP contribution in [0.2, 0.25) is 0 Å². The van der Waals surface area contributed by atoms with Crippen molar-refractivity contribution in [1.29, 1.82) is 0 Å². The first-order valence-corrected chi connectivity index (χ1v) is 8.10. The van der Waals surface area contributed by atoms with Gasteiger partial charge in [-0.15, -0.1) is 0 Å². The fourth-order valence-electron chi connectivity index (χ4n) is 2.23. The molecule has 1 rings (SSSR count). The summed E-state index contributed by atoms with van der Waals surface area (Å²) in [7, 11) is 0. The molecule has 2 heteroatoms. The van der Waals surface area contributed by atoms with Gasteiger partial charge in [-0.05, 0) is 44.5 Å². The molecule has 0 atom stereocenters. The van der Waals surface area contributed by atoms with Crippen LogP contribution in [0.3, 0.4) is 0 Å². The molecule has 0 fully saturated rings. The van der Waals surface area contributed by atoms with Gasteiger partial charge in [0.25, 0.3) is 0 Å². The number of aliphatic hydroxyl groups excluding tert-OH is 1. The summed E-state index contributed by atoms with van der Waals surface area (Å²) in [5.41, 5.74) is 2.36. The highest BCUT2D eigenvalue weighted by Gasteiger charge is 2.09. The van der Waals surface area contributed by atoms with Crippen molar-refractivity contribution in [3.63, 3.8) is 0 Å². The van der Waals surface area contributed by atoms with E-state index in [-0.39, 0.29) is 6.61 Å². The highest BCUT2D eigenvalue weighted by atomic mass is 16.2. The molecule has 1 aromatic carbocycles. The van der Waals surface area contributed by atoms with Gasteiger partial charge in [0.05, 0.1) is 6.61 Å². The summed E-state index contributed by atoms with van der Waals surface area (Å²) in [4.78, 5) is 2.53. The molecule has 0 bridgehead atoms. The molecule has 0 spiro atoms. The predicted octanol–water partition coefficient (Wildman–Crippen LogP) is 3.82. The average Bonchev–Trinajstić information content (AvgIpc) is 2.48. The summed E-state index contributed by atoms with van der Waals surface area (Å²) >= 11 is 0. The number of aliphatic hydroxyl groups is 1. The lowest BCUT2D eigenvalue weighted by atomic mass is 10.1. The standard InChI is InChI=1S/C19H29NO/c1-4-5-7-14-20(17(2)3)16-19-12-10-18(11-13-19)9-6-8-15-21/h10-13,17,21H,4-5,7-8,14-16H2,1-3H3. The zero-order valence-corrected chi connectivity index (χ0v) is 13.7. The monoisotopic (exact) mass is 287 g/mol. The molecule has 0 aliphatic rings. The van der Waals surface area contributed by atoms with Gasteiger partial charge in [0.1, 0.15) is 0 Å². The number of benzene rings is 1. The molecular formula is C19H29NO. The van der Waals surface area contributed by atoms with Crippen LogP contribution in [0, 0.1) is 11.8 Å². The number of nitrogens with zero attached hydrogens (tertiary/aromatic N) is 1. The average molecular weight is 287 g/mol. The molecule has 0 saturated heterocycles. The van der Waals surface area contributed by atoms with E-state index in [2.05, 4.69) is 61.8 Å². The molecule has 0 saturated carbocycles. The van der Waals surface area contributed by atoms with Crippen LogP contribution in [0.4, 0.5) is 0 Å². The van der Waals surface area contributed by atoms with Gasteiger partial charge in [-0.3, -0.25) is 4.90 Å². The van der Waals surface area contributed by atoms with Crippen LogP contribution < -0.4 is 0 Å². The molecule has 0 unspecified atom stereocenters. The van der Waals surface area contributed by atoms with Gasteiger partial charge in [0.2, 0.25) is 0 Å². The second kappa shape index (κ2) is 10.4. The van der Waals surface area contributed by atoms with Crippen molar-refractivity contribution >= 4 is 0 Å². The van der Waals surface area contributed by atoms with Gasteiger partial charge in [0.15, 0.2) is 0 Å². The molecule has 2 nitrogen and oxygen atoms in total. The Morgan fingerprint density at radius 2 is 1.86 bits per heavy atom. The molecular weight excluding hydrogens is 258 g/mol. The topological polar surface area (TPSA) is 23.5 Å². The Balaban J connectivity index is 2.57. The lowest BCUT2D eigenvalue weighted by Gasteiger charge is -2.26. The van der Waals surface area contributed by atoms with Crippen LogP contribution in [-0.2, 0) is 6.54 Å². The van der Waals surface area contributed by atoms with E-state index in [0.29, 0.717) is 12.5 Å². The third-order valence-electron chi connectivity index (χ3n) is 3.59. The van der Waals surface area contributed by atoms with Gasteiger partial charge in [0, 0.05) is 24.6 Å². The van der Waals surface area contributed by atoms with Crippen molar-refractivity contribution in [1.82, 2.24) is 4.90 Å². The Labute approximate surface area is 130 Å². The zero-order chi connectivity index (χ0) is 15.5. The molecule has 0 radical (unpaired) electrons. The van der Waals surface area contributed by atoms with Crippen molar-refractivity contribution in [2.75, 3.05) is 13.2 Å². The lowest BCUT2D eigenvalue weighted by Crippen LogP contribution is -2.31. The van der Waals surface area contributed by atoms with Crippen molar-refractivity contribution < 1.29 is 5.11 Å². The van der Waals surface area contributed by atoms with E-state index in [1.807, 2.05) is 0 Å². The van der Waals surface area contributed by atoms with Gasteiger partial charge in [-0.2, -0.15) is 0 Å². The van der Waals surface area contributed by atoms with Crippen molar-refractivity contribution in [2.24, 2.45) is 0 Å². The van der Waals surface area contributed by atoms with Crippen molar-refractivity contribution in [2.45, 2.75) is 59.0 Å². The first kappa shape index (κ1) is 17.8. The molecule has 21 heavy (non-hydrogen) atoms. The maximum Gasteiger partial charge on any atom is 0.0540 e. The molecule has 1 aromatic rings. The molecule has 0 aromatic heterocycles. The fourth-order valence-corrected chi connectivity index (χ4v) is 2.23. The van der Waals surface area contributed by atoms with E-state index >= 15 is 0 Å². The van der Waals surface area contributed by atoms with E-state index in [1.54, 1.807) is 0 Å². The summed E-state index contributed by atoms with van der Waals surface area (Å²) < 4.78 is 0. The van der Waals surface area contributed by atoms with E-state index in [1.165, 1.54) is 31.4 Å². The number of hydrogen-bond acceptors (Lipinski definition) is 2. The van der Waals surface area contributed by atoms with E-state index in [0.717, 1.165) is 12.1 Å². The summed E-state index contributed by atoms with van der Waals surface area (Å²) in [6.07, 6.45) is 4.40. The minimum Gasteiger partial charge on any atom is -0.395 e. The van der Waals surface area contributed by atoms with Crippen LogP contribution in [0.25, 0.3) is 0 Å². The quantitative estimate of drug-likeness (QED) is 0.580. The predicted molar refractivity (Wildman–Crippen MR) is 90.1 cm³/mol. The normalized spacial score (nSPS) is 10.8. The van der Waals surface area contributed by atoms with Gasteiger partial charge >= 0.3 is 0 Å².